The van der Waals surface area contributed by atoms with Gasteiger partial charge < -0.3 is 15.6 Å². The van der Waals surface area contributed by atoms with Crippen molar-refractivity contribution in [1.82, 2.24) is 14.4 Å². The molecule has 4 aromatic rings. The van der Waals surface area contributed by atoms with Gasteiger partial charge in [0.25, 0.3) is 0 Å². The number of ether oxygens (including phenoxy) is 1. The first-order valence-corrected chi connectivity index (χ1v) is 11.7. The molecule has 2 aromatic carbocycles. The van der Waals surface area contributed by atoms with Crippen molar-refractivity contribution in [2.24, 2.45) is 11.3 Å². The topological polar surface area (TPSA) is 85.7 Å². The first kappa shape index (κ1) is 22.3. The summed E-state index contributed by atoms with van der Waals surface area (Å²) in [7, 11) is 0. The second kappa shape index (κ2) is 8.72. The molecule has 0 saturated heterocycles. The Hall–Kier alpha value is -3.45. The Labute approximate surface area is 198 Å². The van der Waals surface area contributed by atoms with E-state index in [9.17, 15) is 9.50 Å². The highest BCUT2D eigenvalue weighted by Gasteiger charge is 2.43. The number of imidazole rings is 1. The van der Waals surface area contributed by atoms with Crippen molar-refractivity contribution in [3.8, 4) is 22.8 Å². The molecule has 2 heterocycles. The number of aliphatic hydroxyl groups is 1. The van der Waals surface area contributed by atoms with Crippen molar-refractivity contribution in [2.75, 3.05) is 12.3 Å². The highest BCUT2D eigenvalue weighted by molar-refractivity contribution is 5.85. The van der Waals surface area contributed by atoms with Gasteiger partial charge in [0.05, 0.1) is 0 Å². The smallest absolute Gasteiger partial charge is 0.150 e. The van der Waals surface area contributed by atoms with Crippen LogP contribution in [0.25, 0.3) is 16.8 Å². The molecule has 176 valence electrons. The molecule has 3 N–H and O–H groups in total. The number of nitrogens with two attached hydrogens (primary N) is 1. The van der Waals surface area contributed by atoms with E-state index >= 15 is 0 Å². The van der Waals surface area contributed by atoms with Crippen molar-refractivity contribution >= 4 is 11.3 Å². The molecule has 5 rings (SSSR count). The van der Waals surface area contributed by atoms with E-state index in [-0.39, 0.29) is 23.8 Å². The molecule has 0 bridgehead atoms. The number of nitrogen functional groups attached to an aromatic ring is 1. The number of anilines is 1. The zero-order chi connectivity index (χ0) is 23.9. The highest BCUT2D eigenvalue weighted by Crippen LogP contribution is 2.51. The minimum absolute atomic E-state index is 0.0782. The Morgan fingerprint density at radius 1 is 1.21 bits per heavy atom. The molecule has 1 aliphatic rings. The van der Waals surface area contributed by atoms with Gasteiger partial charge in [0.2, 0.25) is 0 Å². The molecule has 0 radical (unpaired) electrons. The summed E-state index contributed by atoms with van der Waals surface area (Å²) in [6, 6.07) is 13.6. The molecule has 0 spiro atoms. The van der Waals surface area contributed by atoms with Crippen molar-refractivity contribution in [3.05, 3.63) is 72.6 Å². The molecule has 1 aliphatic carbocycles. The lowest BCUT2D eigenvalue weighted by atomic mass is 9.76. The Morgan fingerprint density at radius 2 is 2.00 bits per heavy atom. The van der Waals surface area contributed by atoms with Gasteiger partial charge in [-0.2, -0.15) is 0 Å². The van der Waals surface area contributed by atoms with Crippen LogP contribution in [0.4, 0.5) is 10.2 Å². The van der Waals surface area contributed by atoms with Gasteiger partial charge in [-0.3, -0.25) is 4.40 Å². The first-order chi connectivity index (χ1) is 16.4. The number of fused-ring (bicyclic) bond motifs is 1. The summed E-state index contributed by atoms with van der Waals surface area (Å²) in [4.78, 5) is 9.36. The standard InChI is InChI=1S/C27H29FN4O2/c1-17(2)27(16-33)11-10-19(15-27)26-31-23(24-25(29)30-12-13-32(24)26)18-6-8-21(9-7-18)34-22-5-3-4-20(28)14-22/h3-9,12-14,17,19,33H,10-11,15-16H2,1-2H3,(H2,29,30)/t19-,27+/m1/s1. The second-order valence-electron chi connectivity index (χ2n) is 9.55. The predicted octanol–water partition coefficient (Wildman–Crippen LogP) is 5.81. The average Bonchev–Trinajstić information content (AvgIpc) is 3.43. The SMILES string of the molecule is CC(C)[C@@]1(CO)CC[C@@H](c2nc(-c3ccc(Oc4cccc(F)c4)cc3)c3c(N)nccn23)C1. The number of halogens is 1. The molecule has 7 heteroatoms. The number of hydrogen-bond donors (Lipinski definition) is 2. The van der Waals surface area contributed by atoms with Crippen LogP contribution in [-0.4, -0.2) is 26.1 Å². The lowest BCUT2D eigenvalue weighted by Gasteiger charge is -2.31. The molecule has 34 heavy (non-hydrogen) atoms. The quantitative estimate of drug-likeness (QED) is 0.379. The van der Waals surface area contributed by atoms with E-state index in [0.29, 0.717) is 23.2 Å². The summed E-state index contributed by atoms with van der Waals surface area (Å²) < 4.78 is 21.3. The molecule has 1 fully saturated rings. The minimum atomic E-state index is -0.344. The summed E-state index contributed by atoms with van der Waals surface area (Å²) in [6.45, 7) is 4.56. The molecular weight excluding hydrogens is 431 g/mol. The van der Waals surface area contributed by atoms with Gasteiger partial charge in [-0.05, 0) is 67.0 Å². The fourth-order valence-corrected chi connectivity index (χ4v) is 5.15. The zero-order valence-corrected chi connectivity index (χ0v) is 19.4. The maximum absolute atomic E-state index is 13.5. The number of hydrogen-bond acceptors (Lipinski definition) is 5. The van der Waals surface area contributed by atoms with Crippen molar-refractivity contribution in [2.45, 2.75) is 39.0 Å². The van der Waals surface area contributed by atoms with Crippen LogP contribution in [0.15, 0.2) is 60.9 Å². The van der Waals surface area contributed by atoms with E-state index < -0.39 is 0 Å². The summed E-state index contributed by atoms with van der Waals surface area (Å²) in [5.41, 5.74) is 8.67. The van der Waals surface area contributed by atoms with Gasteiger partial charge in [-0.15, -0.1) is 0 Å². The molecular formula is C27H29FN4O2. The van der Waals surface area contributed by atoms with E-state index in [1.165, 1.54) is 12.1 Å². The average molecular weight is 461 g/mol. The largest absolute Gasteiger partial charge is 0.457 e. The van der Waals surface area contributed by atoms with Crippen molar-refractivity contribution in [3.63, 3.8) is 0 Å². The Balaban J connectivity index is 1.50. The number of nitrogens with zero attached hydrogens (tertiary/aromatic N) is 3. The molecule has 6 nitrogen and oxygen atoms in total. The lowest BCUT2D eigenvalue weighted by molar-refractivity contribution is 0.0811. The van der Waals surface area contributed by atoms with E-state index in [0.717, 1.165) is 41.9 Å². The fourth-order valence-electron chi connectivity index (χ4n) is 5.15. The Kier molecular flexibility index (Phi) is 5.73. The summed E-state index contributed by atoms with van der Waals surface area (Å²) in [6.07, 6.45) is 6.45. The molecule has 0 unspecified atom stereocenters. The summed E-state index contributed by atoms with van der Waals surface area (Å²) in [5, 5.41) is 10.1. The van der Waals surface area contributed by atoms with E-state index in [2.05, 4.69) is 18.8 Å². The molecule has 2 aromatic heterocycles. The van der Waals surface area contributed by atoms with Crippen LogP contribution in [0.2, 0.25) is 0 Å². The third-order valence-corrected chi connectivity index (χ3v) is 7.32. The van der Waals surface area contributed by atoms with E-state index in [4.69, 9.17) is 15.5 Å². The zero-order valence-electron chi connectivity index (χ0n) is 19.4. The van der Waals surface area contributed by atoms with Crippen LogP contribution >= 0.6 is 0 Å². The maximum atomic E-state index is 13.5. The van der Waals surface area contributed by atoms with Crippen LogP contribution in [0.1, 0.15) is 44.9 Å². The van der Waals surface area contributed by atoms with Crippen LogP contribution in [0, 0.1) is 17.2 Å². The highest BCUT2D eigenvalue weighted by atomic mass is 19.1. The number of aromatic nitrogens is 3. The van der Waals surface area contributed by atoms with Gasteiger partial charge in [-0.1, -0.05) is 19.9 Å². The van der Waals surface area contributed by atoms with Gasteiger partial charge in [-0.25, -0.2) is 14.4 Å². The van der Waals surface area contributed by atoms with E-state index in [1.54, 1.807) is 18.3 Å². The molecule has 1 saturated carbocycles. The third-order valence-electron chi connectivity index (χ3n) is 7.32. The van der Waals surface area contributed by atoms with Crippen molar-refractivity contribution in [1.29, 1.82) is 0 Å². The Bertz CT molecular complexity index is 1320. The van der Waals surface area contributed by atoms with Crippen LogP contribution in [0.3, 0.4) is 0 Å². The predicted molar refractivity (Wildman–Crippen MR) is 130 cm³/mol. The van der Waals surface area contributed by atoms with Crippen LogP contribution < -0.4 is 10.5 Å². The number of aliphatic hydroxyl groups excluding tert-OH is 1. The van der Waals surface area contributed by atoms with Gasteiger partial charge in [0, 0.05) is 36.5 Å². The molecule has 0 aliphatic heterocycles. The summed E-state index contributed by atoms with van der Waals surface area (Å²) >= 11 is 0. The first-order valence-electron chi connectivity index (χ1n) is 11.7. The van der Waals surface area contributed by atoms with Crippen molar-refractivity contribution < 1.29 is 14.2 Å². The second-order valence-corrected chi connectivity index (χ2v) is 9.55. The lowest BCUT2D eigenvalue weighted by Crippen LogP contribution is -2.28. The number of benzene rings is 2. The minimum Gasteiger partial charge on any atom is -0.457 e. The maximum Gasteiger partial charge on any atom is 0.150 e. The van der Waals surface area contributed by atoms with Crippen LogP contribution in [0.5, 0.6) is 11.5 Å². The fraction of sp³-hybridized carbons (Fsp3) is 0.333. The number of rotatable bonds is 6. The van der Waals surface area contributed by atoms with Gasteiger partial charge in [0.1, 0.15) is 40.2 Å². The molecule has 0 amide bonds. The summed E-state index contributed by atoms with van der Waals surface area (Å²) in [5.74, 6) is 2.70. The van der Waals surface area contributed by atoms with Crippen LogP contribution in [-0.2, 0) is 0 Å². The van der Waals surface area contributed by atoms with Gasteiger partial charge in [0.15, 0.2) is 0 Å². The van der Waals surface area contributed by atoms with Gasteiger partial charge >= 0.3 is 0 Å². The third kappa shape index (κ3) is 3.90. The van der Waals surface area contributed by atoms with E-state index in [1.807, 2.05) is 34.9 Å². The monoisotopic (exact) mass is 460 g/mol. The Morgan fingerprint density at radius 3 is 2.68 bits per heavy atom. The normalized spacial score (nSPS) is 20.3. The molecule has 2 atom stereocenters.